The molecule has 4 nitrogen and oxygen atoms in total. The smallest absolute Gasteiger partial charge is 0.407 e. The zero-order valence-electron chi connectivity index (χ0n) is 9.25. The summed E-state index contributed by atoms with van der Waals surface area (Å²) in [5.41, 5.74) is 0. The maximum Gasteiger partial charge on any atom is 0.407 e. The Bertz CT molecular complexity index is 173. The van der Waals surface area contributed by atoms with Crippen LogP contribution in [0, 0.1) is 0 Å². The molecular formula is C10H21ClN2O2. The van der Waals surface area contributed by atoms with E-state index in [1.165, 1.54) is 12.8 Å². The minimum Gasteiger partial charge on any atom is -0.448 e. The summed E-state index contributed by atoms with van der Waals surface area (Å²) in [5.74, 6) is 0. The predicted octanol–water partition coefficient (Wildman–Crippen LogP) is 1.69. The van der Waals surface area contributed by atoms with Gasteiger partial charge in [0.15, 0.2) is 0 Å². The molecule has 1 aliphatic heterocycles. The molecule has 1 amide bonds. The van der Waals surface area contributed by atoms with Crippen molar-refractivity contribution in [2.24, 2.45) is 0 Å². The molecule has 0 saturated carbocycles. The number of piperidine rings is 1. The Morgan fingerprint density at radius 3 is 2.93 bits per heavy atom. The summed E-state index contributed by atoms with van der Waals surface area (Å²) in [6.45, 7) is 4.25. The van der Waals surface area contributed by atoms with Crippen LogP contribution in [0.25, 0.3) is 0 Å². The van der Waals surface area contributed by atoms with Gasteiger partial charge in [0.2, 0.25) is 0 Å². The van der Waals surface area contributed by atoms with Crippen LogP contribution in [0.3, 0.4) is 0 Å². The number of rotatable bonds is 4. The van der Waals surface area contributed by atoms with Crippen molar-refractivity contribution in [1.82, 2.24) is 10.6 Å². The van der Waals surface area contributed by atoms with Gasteiger partial charge in [-0.15, -0.1) is 12.4 Å². The van der Waals surface area contributed by atoms with Crippen LogP contribution in [0.2, 0.25) is 0 Å². The molecule has 0 aromatic rings. The lowest BCUT2D eigenvalue weighted by atomic mass is 10.1. The highest BCUT2D eigenvalue weighted by molar-refractivity contribution is 5.85. The zero-order valence-corrected chi connectivity index (χ0v) is 10.1. The second-order valence-corrected chi connectivity index (χ2v) is 3.67. The van der Waals surface area contributed by atoms with Crippen molar-refractivity contribution in [3.8, 4) is 0 Å². The summed E-state index contributed by atoms with van der Waals surface area (Å²) >= 11 is 0. The monoisotopic (exact) mass is 236 g/mol. The van der Waals surface area contributed by atoms with Crippen LogP contribution in [-0.2, 0) is 4.74 Å². The van der Waals surface area contributed by atoms with Crippen molar-refractivity contribution in [1.29, 1.82) is 0 Å². The van der Waals surface area contributed by atoms with Gasteiger partial charge >= 0.3 is 6.09 Å². The Labute approximate surface area is 97.5 Å². The molecule has 5 heteroatoms. The van der Waals surface area contributed by atoms with Gasteiger partial charge in [0.25, 0.3) is 0 Å². The minimum absolute atomic E-state index is 0. The van der Waals surface area contributed by atoms with Gasteiger partial charge in [-0.25, -0.2) is 4.79 Å². The van der Waals surface area contributed by atoms with E-state index in [0.29, 0.717) is 19.2 Å². The molecule has 1 heterocycles. The molecule has 0 aromatic carbocycles. The van der Waals surface area contributed by atoms with Crippen LogP contribution in [-0.4, -0.2) is 31.8 Å². The van der Waals surface area contributed by atoms with Crippen LogP contribution in [0.4, 0.5) is 4.79 Å². The predicted molar refractivity (Wildman–Crippen MR) is 62.5 cm³/mol. The van der Waals surface area contributed by atoms with Crippen LogP contribution >= 0.6 is 12.4 Å². The number of halogens is 1. The third kappa shape index (κ3) is 6.57. The Morgan fingerprint density at radius 2 is 2.33 bits per heavy atom. The molecule has 0 aromatic heterocycles. The molecule has 0 spiro atoms. The van der Waals surface area contributed by atoms with Crippen molar-refractivity contribution in [3.63, 3.8) is 0 Å². The van der Waals surface area contributed by atoms with Crippen molar-refractivity contribution in [2.45, 2.75) is 38.6 Å². The first-order valence-corrected chi connectivity index (χ1v) is 5.47. The first-order chi connectivity index (χ1) is 6.83. The highest BCUT2D eigenvalue weighted by atomic mass is 35.5. The molecule has 1 atom stereocenters. The molecular weight excluding hydrogens is 216 g/mol. The van der Waals surface area contributed by atoms with Crippen LogP contribution in [0.1, 0.15) is 32.6 Å². The fraction of sp³-hybridized carbons (Fsp3) is 0.900. The second kappa shape index (κ2) is 8.80. The molecule has 1 fully saturated rings. The van der Waals surface area contributed by atoms with Crippen LogP contribution < -0.4 is 10.6 Å². The average molecular weight is 237 g/mol. The van der Waals surface area contributed by atoms with E-state index in [-0.39, 0.29) is 18.5 Å². The first kappa shape index (κ1) is 14.5. The summed E-state index contributed by atoms with van der Waals surface area (Å²) in [5, 5.41) is 6.01. The second-order valence-electron chi connectivity index (χ2n) is 3.67. The standard InChI is InChI=1S/C10H20N2O2.ClH/c1-2-6-12-10(13)14-8-9-5-3-4-7-11-9;/h9,11H,2-8H2,1H3,(H,12,13);1H. The molecule has 1 unspecified atom stereocenters. The van der Waals surface area contributed by atoms with Gasteiger partial charge in [-0.1, -0.05) is 13.3 Å². The lowest BCUT2D eigenvalue weighted by Crippen LogP contribution is -2.39. The van der Waals surface area contributed by atoms with E-state index < -0.39 is 0 Å². The van der Waals surface area contributed by atoms with Crippen LogP contribution in [0.15, 0.2) is 0 Å². The van der Waals surface area contributed by atoms with Gasteiger partial charge in [0.1, 0.15) is 6.61 Å². The van der Waals surface area contributed by atoms with Gasteiger partial charge in [-0.3, -0.25) is 0 Å². The molecule has 0 bridgehead atoms. The van der Waals surface area contributed by atoms with Gasteiger partial charge in [0.05, 0.1) is 0 Å². The normalized spacial score (nSPS) is 20.2. The fourth-order valence-corrected chi connectivity index (χ4v) is 1.52. The maximum absolute atomic E-state index is 11.1. The summed E-state index contributed by atoms with van der Waals surface area (Å²) < 4.78 is 5.07. The van der Waals surface area contributed by atoms with Crippen molar-refractivity contribution < 1.29 is 9.53 Å². The molecule has 1 aliphatic rings. The van der Waals surface area contributed by atoms with E-state index in [1.807, 2.05) is 6.92 Å². The number of hydrogen-bond acceptors (Lipinski definition) is 3. The molecule has 90 valence electrons. The number of alkyl carbamates (subject to hydrolysis) is 1. The Hall–Kier alpha value is -0.480. The summed E-state index contributed by atoms with van der Waals surface area (Å²) in [4.78, 5) is 11.1. The lowest BCUT2D eigenvalue weighted by Gasteiger charge is -2.22. The van der Waals surface area contributed by atoms with Crippen molar-refractivity contribution >= 4 is 18.5 Å². The van der Waals surface area contributed by atoms with E-state index in [2.05, 4.69) is 10.6 Å². The highest BCUT2D eigenvalue weighted by Gasteiger charge is 2.13. The Kier molecular flexibility index (Phi) is 8.52. The largest absolute Gasteiger partial charge is 0.448 e. The summed E-state index contributed by atoms with van der Waals surface area (Å²) in [7, 11) is 0. The van der Waals surface area contributed by atoms with Gasteiger partial charge in [0, 0.05) is 12.6 Å². The molecule has 0 aliphatic carbocycles. The van der Waals surface area contributed by atoms with Crippen LogP contribution in [0.5, 0.6) is 0 Å². The maximum atomic E-state index is 11.1. The van der Waals surface area contributed by atoms with Gasteiger partial charge in [-0.05, 0) is 25.8 Å². The zero-order chi connectivity index (χ0) is 10.2. The van der Waals surface area contributed by atoms with E-state index in [9.17, 15) is 4.79 Å². The third-order valence-corrected chi connectivity index (χ3v) is 2.35. The van der Waals surface area contributed by atoms with E-state index in [4.69, 9.17) is 4.74 Å². The number of carbonyl (C=O) groups is 1. The Morgan fingerprint density at radius 1 is 1.53 bits per heavy atom. The third-order valence-electron chi connectivity index (χ3n) is 2.35. The Balaban J connectivity index is 0.00000196. The number of hydrogen-bond donors (Lipinski definition) is 2. The number of carbonyl (C=O) groups excluding carboxylic acids is 1. The van der Waals surface area contributed by atoms with E-state index in [1.54, 1.807) is 0 Å². The molecule has 2 N–H and O–H groups in total. The fourth-order valence-electron chi connectivity index (χ4n) is 1.52. The molecule has 1 saturated heterocycles. The number of ether oxygens (including phenoxy) is 1. The lowest BCUT2D eigenvalue weighted by molar-refractivity contribution is 0.128. The van der Waals surface area contributed by atoms with Gasteiger partial charge in [-0.2, -0.15) is 0 Å². The van der Waals surface area contributed by atoms with Gasteiger partial charge < -0.3 is 15.4 Å². The topological polar surface area (TPSA) is 50.4 Å². The number of nitrogens with one attached hydrogen (secondary N) is 2. The van der Waals surface area contributed by atoms with E-state index in [0.717, 1.165) is 19.4 Å². The quantitative estimate of drug-likeness (QED) is 0.781. The summed E-state index contributed by atoms with van der Waals surface area (Å²) in [6.07, 6.45) is 4.23. The summed E-state index contributed by atoms with van der Waals surface area (Å²) in [6, 6.07) is 0.358. The molecule has 1 rings (SSSR count). The number of amides is 1. The van der Waals surface area contributed by atoms with Crippen molar-refractivity contribution in [2.75, 3.05) is 19.7 Å². The minimum atomic E-state index is -0.292. The average Bonchev–Trinajstić information content (AvgIpc) is 2.25. The van der Waals surface area contributed by atoms with Crippen molar-refractivity contribution in [3.05, 3.63) is 0 Å². The SMILES string of the molecule is CCCNC(=O)OCC1CCCCN1.Cl. The van der Waals surface area contributed by atoms with E-state index >= 15 is 0 Å². The molecule has 0 radical (unpaired) electrons. The first-order valence-electron chi connectivity index (χ1n) is 5.47. The highest BCUT2D eigenvalue weighted by Crippen LogP contribution is 2.06. The molecule has 15 heavy (non-hydrogen) atoms.